The second kappa shape index (κ2) is 8.50. The summed E-state index contributed by atoms with van der Waals surface area (Å²) in [7, 11) is 0. The lowest BCUT2D eigenvalue weighted by Gasteiger charge is -2.06. The molecule has 1 amide bonds. The van der Waals surface area contributed by atoms with E-state index in [4.69, 9.17) is 0 Å². The van der Waals surface area contributed by atoms with Gasteiger partial charge in [0.1, 0.15) is 11.3 Å². The number of thioether (sulfide) groups is 1. The summed E-state index contributed by atoms with van der Waals surface area (Å²) in [6.07, 6.45) is 0.932. The summed E-state index contributed by atoms with van der Waals surface area (Å²) < 4.78 is 14.6. The molecule has 2 aromatic heterocycles. The molecule has 0 saturated heterocycles. The Morgan fingerprint density at radius 1 is 1.17 bits per heavy atom. The van der Waals surface area contributed by atoms with Crippen LogP contribution >= 0.6 is 11.8 Å². The predicted octanol–water partition coefficient (Wildman–Crippen LogP) is 3.52. The molecule has 9 heteroatoms. The van der Waals surface area contributed by atoms with E-state index in [2.05, 4.69) is 27.5 Å². The number of benzene rings is 2. The molecule has 0 aliphatic heterocycles. The number of H-pyrrole nitrogens is 1. The van der Waals surface area contributed by atoms with Crippen LogP contribution in [0.1, 0.15) is 12.5 Å². The average Bonchev–Trinajstić information content (AvgIpc) is 3.21. The molecule has 0 unspecified atom stereocenters. The van der Waals surface area contributed by atoms with E-state index in [1.165, 1.54) is 22.2 Å². The maximum Gasteiger partial charge on any atom is 0.290 e. The smallest absolute Gasteiger partial charge is 0.290 e. The zero-order chi connectivity index (χ0) is 21.1. The van der Waals surface area contributed by atoms with E-state index in [1.807, 2.05) is 24.3 Å². The van der Waals surface area contributed by atoms with Gasteiger partial charge in [-0.2, -0.15) is 5.10 Å². The fourth-order valence-corrected chi connectivity index (χ4v) is 3.60. The zero-order valence-corrected chi connectivity index (χ0v) is 16.9. The topological polar surface area (TPSA) is 92.1 Å². The molecule has 7 nitrogen and oxygen atoms in total. The molecule has 0 aliphatic rings. The third-order valence-corrected chi connectivity index (χ3v) is 5.42. The number of aryl methyl sites for hydroxylation is 1. The molecule has 2 N–H and O–H groups in total. The second-order valence-electron chi connectivity index (χ2n) is 6.56. The van der Waals surface area contributed by atoms with Gasteiger partial charge in [-0.05, 0) is 54.4 Å². The normalized spacial score (nSPS) is 11.0. The minimum atomic E-state index is -0.402. The number of aromatic amines is 1. The van der Waals surface area contributed by atoms with Crippen LogP contribution in [0.15, 0.2) is 64.5 Å². The van der Waals surface area contributed by atoms with Gasteiger partial charge in [0.2, 0.25) is 11.1 Å². The molecular weight excluding hydrogens is 405 g/mol. The number of hydrogen-bond donors (Lipinski definition) is 2. The van der Waals surface area contributed by atoms with Crippen LogP contribution in [0.3, 0.4) is 0 Å². The fourth-order valence-electron chi connectivity index (χ4n) is 2.90. The number of amides is 1. The van der Waals surface area contributed by atoms with Crippen molar-refractivity contribution < 1.29 is 9.18 Å². The van der Waals surface area contributed by atoms with Gasteiger partial charge < -0.3 is 5.32 Å². The molecular formula is C21H18FN5O2S. The number of anilines is 1. The van der Waals surface area contributed by atoms with Crippen LogP contribution in [-0.2, 0) is 11.2 Å². The van der Waals surface area contributed by atoms with E-state index in [-0.39, 0.29) is 17.5 Å². The molecule has 30 heavy (non-hydrogen) atoms. The maximum absolute atomic E-state index is 13.2. The van der Waals surface area contributed by atoms with Gasteiger partial charge in [0.15, 0.2) is 0 Å². The first kappa shape index (κ1) is 19.8. The van der Waals surface area contributed by atoms with Crippen molar-refractivity contribution in [3.8, 4) is 11.3 Å². The van der Waals surface area contributed by atoms with Gasteiger partial charge in [0.25, 0.3) is 5.56 Å². The number of aromatic nitrogens is 4. The molecule has 0 fully saturated rings. The molecule has 4 aromatic rings. The van der Waals surface area contributed by atoms with E-state index >= 15 is 0 Å². The Balaban J connectivity index is 1.52. The highest BCUT2D eigenvalue weighted by molar-refractivity contribution is 7.99. The first-order valence-corrected chi connectivity index (χ1v) is 10.3. The lowest BCUT2D eigenvalue weighted by atomic mass is 10.1. The molecule has 0 radical (unpaired) electrons. The van der Waals surface area contributed by atoms with Gasteiger partial charge in [-0.1, -0.05) is 30.8 Å². The predicted molar refractivity (Wildman–Crippen MR) is 114 cm³/mol. The van der Waals surface area contributed by atoms with E-state index in [9.17, 15) is 14.0 Å². The Morgan fingerprint density at radius 3 is 2.60 bits per heavy atom. The minimum Gasteiger partial charge on any atom is -0.325 e. The van der Waals surface area contributed by atoms with Crippen molar-refractivity contribution in [2.75, 3.05) is 11.1 Å². The SMILES string of the molecule is CCc1ccc(NC(=O)CSc2n[nH]c(=O)c3cc(-c4ccc(F)cc4)nn23)cc1. The van der Waals surface area contributed by atoms with E-state index in [0.29, 0.717) is 21.9 Å². The van der Waals surface area contributed by atoms with Crippen molar-refractivity contribution in [1.82, 2.24) is 19.8 Å². The molecule has 2 aromatic carbocycles. The summed E-state index contributed by atoms with van der Waals surface area (Å²) in [5.41, 5.74) is 2.98. The second-order valence-corrected chi connectivity index (χ2v) is 7.50. The zero-order valence-electron chi connectivity index (χ0n) is 16.1. The monoisotopic (exact) mass is 423 g/mol. The first-order chi connectivity index (χ1) is 14.5. The highest BCUT2D eigenvalue weighted by atomic mass is 32.2. The highest BCUT2D eigenvalue weighted by Crippen LogP contribution is 2.22. The summed E-state index contributed by atoms with van der Waals surface area (Å²) in [5, 5.41) is 14.1. The van der Waals surface area contributed by atoms with E-state index in [1.54, 1.807) is 18.2 Å². The molecule has 2 heterocycles. The van der Waals surface area contributed by atoms with Crippen LogP contribution in [0.25, 0.3) is 16.8 Å². The molecule has 0 atom stereocenters. The third kappa shape index (κ3) is 4.25. The Kier molecular flexibility index (Phi) is 5.62. The number of rotatable bonds is 6. The van der Waals surface area contributed by atoms with Gasteiger partial charge in [0.05, 0.1) is 11.4 Å². The number of carbonyl (C=O) groups excluding carboxylic acids is 1. The summed E-state index contributed by atoms with van der Waals surface area (Å²) in [5.74, 6) is -0.458. The van der Waals surface area contributed by atoms with Crippen molar-refractivity contribution in [1.29, 1.82) is 0 Å². The van der Waals surface area contributed by atoms with Gasteiger partial charge in [-0.25, -0.2) is 14.0 Å². The van der Waals surface area contributed by atoms with Gasteiger partial charge in [-0.15, -0.1) is 5.10 Å². The molecule has 0 bridgehead atoms. The van der Waals surface area contributed by atoms with Crippen LogP contribution in [0.5, 0.6) is 0 Å². The summed E-state index contributed by atoms with van der Waals surface area (Å²) in [4.78, 5) is 24.4. The number of nitrogens with one attached hydrogen (secondary N) is 2. The number of fused-ring (bicyclic) bond motifs is 1. The van der Waals surface area contributed by atoms with Gasteiger partial charge in [0, 0.05) is 11.3 Å². The summed E-state index contributed by atoms with van der Waals surface area (Å²) >= 11 is 1.15. The largest absolute Gasteiger partial charge is 0.325 e. The van der Waals surface area contributed by atoms with E-state index in [0.717, 1.165) is 23.9 Å². The van der Waals surface area contributed by atoms with Crippen molar-refractivity contribution in [2.24, 2.45) is 0 Å². The Labute approximate surface area is 175 Å². The molecule has 0 aliphatic carbocycles. The Bertz CT molecular complexity index is 1250. The first-order valence-electron chi connectivity index (χ1n) is 9.29. The van der Waals surface area contributed by atoms with Crippen molar-refractivity contribution in [3.05, 3.63) is 76.3 Å². The van der Waals surface area contributed by atoms with Crippen LogP contribution < -0.4 is 10.9 Å². The molecule has 0 saturated carbocycles. The molecule has 4 rings (SSSR count). The van der Waals surface area contributed by atoms with Gasteiger partial charge in [-0.3, -0.25) is 9.59 Å². The Hall–Kier alpha value is -3.46. The van der Waals surface area contributed by atoms with Crippen LogP contribution in [0.4, 0.5) is 10.1 Å². The quantitative estimate of drug-likeness (QED) is 0.463. The van der Waals surface area contributed by atoms with Crippen LogP contribution in [0, 0.1) is 5.82 Å². The fraction of sp³-hybridized carbons (Fsp3) is 0.143. The minimum absolute atomic E-state index is 0.0927. The van der Waals surface area contributed by atoms with Gasteiger partial charge >= 0.3 is 0 Å². The van der Waals surface area contributed by atoms with Crippen molar-refractivity contribution in [3.63, 3.8) is 0 Å². The lowest BCUT2D eigenvalue weighted by Crippen LogP contribution is -2.17. The molecule has 0 spiro atoms. The maximum atomic E-state index is 13.2. The van der Waals surface area contributed by atoms with Crippen molar-refractivity contribution >= 4 is 28.9 Å². The number of halogens is 1. The van der Waals surface area contributed by atoms with Crippen LogP contribution in [-0.4, -0.2) is 31.5 Å². The lowest BCUT2D eigenvalue weighted by molar-refractivity contribution is -0.113. The molecule has 152 valence electrons. The summed E-state index contributed by atoms with van der Waals surface area (Å²) in [6, 6.07) is 15.1. The summed E-state index contributed by atoms with van der Waals surface area (Å²) in [6.45, 7) is 2.07. The third-order valence-electron chi connectivity index (χ3n) is 4.49. The average molecular weight is 423 g/mol. The highest BCUT2D eigenvalue weighted by Gasteiger charge is 2.14. The standard InChI is InChI=1S/C21H18FN5O2S/c1-2-13-3-9-16(10-4-13)23-19(28)12-30-21-25-24-20(29)18-11-17(26-27(18)21)14-5-7-15(22)8-6-14/h3-11H,2,12H2,1H3,(H,23,28)(H,24,29). The van der Waals surface area contributed by atoms with Crippen molar-refractivity contribution in [2.45, 2.75) is 18.5 Å². The number of hydrogen-bond acceptors (Lipinski definition) is 5. The number of nitrogens with zero attached hydrogens (tertiary/aromatic N) is 3. The number of carbonyl (C=O) groups is 1. The van der Waals surface area contributed by atoms with Crippen LogP contribution in [0.2, 0.25) is 0 Å². The van der Waals surface area contributed by atoms with E-state index < -0.39 is 5.56 Å². The Morgan fingerprint density at radius 2 is 1.90 bits per heavy atom.